The topological polar surface area (TPSA) is 87.2 Å². The van der Waals surface area contributed by atoms with Crippen molar-refractivity contribution < 1.29 is 14.6 Å². The Morgan fingerprint density at radius 1 is 1.33 bits per heavy atom. The predicted octanol–water partition coefficient (Wildman–Crippen LogP) is 1.90. The molecule has 1 aromatic heterocycles. The molecule has 1 heterocycles. The Hall–Kier alpha value is -2.60. The van der Waals surface area contributed by atoms with Gasteiger partial charge in [0.2, 0.25) is 5.91 Å². The summed E-state index contributed by atoms with van der Waals surface area (Å²) in [6.45, 7) is 0. The molecule has 3 rings (SSSR count). The van der Waals surface area contributed by atoms with Crippen LogP contribution in [0.2, 0.25) is 0 Å². The van der Waals surface area contributed by atoms with Crippen molar-refractivity contribution in [3.8, 4) is 5.75 Å². The Labute approximate surface area is 140 Å². The van der Waals surface area contributed by atoms with E-state index in [0.717, 1.165) is 30.7 Å². The number of para-hydroxylation sites is 1. The van der Waals surface area contributed by atoms with Crippen LogP contribution in [0.25, 0.3) is 6.08 Å². The average Bonchev–Trinajstić information content (AvgIpc) is 3.11. The SMILES string of the molecule is O=C(C=Cc1cnc[nH]1)N[C@@H]1CCC[C@@H](Oc2ccccc2)[C@@H]1O. The number of hydrogen-bond acceptors (Lipinski definition) is 4. The number of benzene rings is 1. The Bertz CT molecular complexity index is 670. The molecule has 0 bridgehead atoms. The summed E-state index contributed by atoms with van der Waals surface area (Å²) in [7, 11) is 0. The molecule has 0 radical (unpaired) electrons. The Kier molecular flexibility index (Phi) is 5.28. The van der Waals surface area contributed by atoms with E-state index in [1.165, 1.54) is 6.08 Å². The standard InChI is InChI=1S/C18H21N3O3/c22-17(10-9-13-11-19-12-20-13)21-15-7-4-8-16(18(15)23)24-14-5-2-1-3-6-14/h1-3,5-6,9-12,15-16,18,23H,4,7-8H2,(H,19,20)(H,21,22)/t15-,16-,18-/m1/s1. The van der Waals surface area contributed by atoms with E-state index >= 15 is 0 Å². The summed E-state index contributed by atoms with van der Waals surface area (Å²) in [5.41, 5.74) is 0.750. The van der Waals surface area contributed by atoms with Gasteiger partial charge in [0.25, 0.3) is 0 Å². The molecule has 1 fully saturated rings. The summed E-state index contributed by atoms with van der Waals surface area (Å²) < 4.78 is 5.87. The number of nitrogens with zero attached hydrogens (tertiary/aromatic N) is 1. The lowest BCUT2D eigenvalue weighted by Gasteiger charge is -2.35. The molecule has 0 spiro atoms. The predicted molar refractivity (Wildman–Crippen MR) is 90.3 cm³/mol. The second kappa shape index (κ2) is 7.79. The smallest absolute Gasteiger partial charge is 0.244 e. The molecule has 126 valence electrons. The zero-order valence-corrected chi connectivity index (χ0v) is 13.3. The average molecular weight is 327 g/mol. The third kappa shape index (κ3) is 4.23. The van der Waals surface area contributed by atoms with Gasteiger partial charge in [0, 0.05) is 6.08 Å². The second-order valence-corrected chi connectivity index (χ2v) is 5.85. The van der Waals surface area contributed by atoms with Crippen molar-refractivity contribution in [3.05, 3.63) is 54.6 Å². The summed E-state index contributed by atoms with van der Waals surface area (Å²) in [5.74, 6) is 0.488. The van der Waals surface area contributed by atoms with Gasteiger partial charge in [-0.2, -0.15) is 0 Å². The number of imidazole rings is 1. The molecule has 0 aliphatic heterocycles. The number of amides is 1. The van der Waals surface area contributed by atoms with E-state index in [2.05, 4.69) is 15.3 Å². The minimum absolute atomic E-state index is 0.242. The van der Waals surface area contributed by atoms with Crippen LogP contribution in [-0.4, -0.2) is 39.2 Å². The normalized spacial score (nSPS) is 24.0. The van der Waals surface area contributed by atoms with Gasteiger partial charge in [-0.15, -0.1) is 0 Å². The van der Waals surface area contributed by atoms with Gasteiger partial charge in [0.05, 0.1) is 24.3 Å². The third-order valence-corrected chi connectivity index (χ3v) is 4.09. The van der Waals surface area contributed by atoms with Crippen molar-refractivity contribution in [2.45, 2.75) is 37.5 Å². The van der Waals surface area contributed by atoms with Gasteiger partial charge in [-0.25, -0.2) is 4.98 Å². The molecule has 1 saturated carbocycles. The maximum atomic E-state index is 12.0. The Morgan fingerprint density at radius 3 is 2.92 bits per heavy atom. The zero-order valence-electron chi connectivity index (χ0n) is 13.3. The van der Waals surface area contributed by atoms with Crippen molar-refractivity contribution in [1.82, 2.24) is 15.3 Å². The van der Waals surface area contributed by atoms with Crippen molar-refractivity contribution in [2.24, 2.45) is 0 Å². The first kappa shape index (κ1) is 16.3. The van der Waals surface area contributed by atoms with Crippen LogP contribution in [0.1, 0.15) is 25.0 Å². The number of aliphatic hydroxyl groups excluding tert-OH is 1. The number of rotatable bonds is 5. The number of carbonyl (C=O) groups is 1. The molecule has 0 saturated heterocycles. The van der Waals surface area contributed by atoms with Crippen LogP contribution in [0, 0.1) is 0 Å². The van der Waals surface area contributed by atoms with Gasteiger partial charge in [-0.05, 0) is 37.5 Å². The molecular weight excluding hydrogens is 306 g/mol. The summed E-state index contributed by atoms with van der Waals surface area (Å²) in [5, 5.41) is 13.4. The number of aromatic nitrogens is 2. The summed E-state index contributed by atoms with van der Waals surface area (Å²) >= 11 is 0. The number of aliphatic hydroxyl groups is 1. The number of aromatic amines is 1. The van der Waals surface area contributed by atoms with Gasteiger partial charge in [-0.3, -0.25) is 4.79 Å². The van der Waals surface area contributed by atoms with Crippen LogP contribution < -0.4 is 10.1 Å². The Morgan fingerprint density at radius 2 is 2.17 bits per heavy atom. The van der Waals surface area contributed by atoms with Crippen LogP contribution in [0.4, 0.5) is 0 Å². The van der Waals surface area contributed by atoms with E-state index in [4.69, 9.17) is 4.74 Å². The fourth-order valence-corrected chi connectivity index (χ4v) is 2.85. The maximum absolute atomic E-state index is 12.0. The molecule has 2 aromatic rings. The molecule has 1 aliphatic carbocycles. The number of H-pyrrole nitrogens is 1. The van der Waals surface area contributed by atoms with E-state index < -0.39 is 6.10 Å². The van der Waals surface area contributed by atoms with Crippen LogP contribution in [0.5, 0.6) is 5.75 Å². The highest BCUT2D eigenvalue weighted by atomic mass is 16.5. The molecule has 1 aliphatic rings. The number of ether oxygens (including phenoxy) is 1. The summed E-state index contributed by atoms with van der Waals surface area (Å²) in [6.07, 6.45) is 7.61. The Balaban J connectivity index is 1.56. The maximum Gasteiger partial charge on any atom is 0.244 e. The van der Waals surface area contributed by atoms with Gasteiger partial charge in [-0.1, -0.05) is 18.2 Å². The largest absolute Gasteiger partial charge is 0.488 e. The van der Waals surface area contributed by atoms with Gasteiger partial charge >= 0.3 is 0 Å². The van der Waals surface area contributed by atoms with Crippen molar-refractivity contribution in [1.29, 1.82) is 0 Å². The molecule has 6 heteroatoms. The van der Waals surface area contributed by atoms with Crippen LogP contribution in [-0.2, 0) is 4.79 Å². The number of nitrogens with one attached hydrogen (secondary N) is 2. The fraction of sp³-hybridized carbons (Fsp3) is 0.333. The van der Waals surface area contributed by atoms with Crippen molar-refractivity contribution in [3.63, 3.8) is 0 Å². The molecular formula is C18H21N3O3. The molecule has 0 unspecified atom stereocenters. The van der Waals surface area contributed by atoms with E-state index in [9.17, 15) is 9.90 Å². The highest BCUT2D eigenvalue weighted by molar-refractivity contribution is 5.91. The molecule has 24 heavy (non-hydrogen) atoms. The van der Waals surface area contributed by atoms with Crippen LogP contribution in [0.15, 0.2) is 48.9 Å². The van der Waals surface area contributed by atoms with Gasteiger partial charge < -0.3 is 20.1 Å². The quantitative estimate of drug-likeness (QED) is 0.732. The first-order valence-corrected chi connectivity index (χ1v) is 8.09. The molecule has 3 atom stereocenters. The molecule has 3 N–H and O–H groups in total. The van der Waals surface area contributed by atoms with E-state index in [0.29, 0.717) is 0 Å². The lowest BCUT2D eigenvalue weighted by atomic mass is 9.89. The first-order valence-electron chi connectivity index (χ1n) is 8.09. The van der Waals surface area contributed by atoms with Gasteiger partial charge in [0.15, 0.2) is 0 Å². The minimum Gasteiger partial charge on any atom is -0.488 e. The highest BCUT2D eigenvalue weighted by Crippen LogP contribution is 2.24. The third-order valence-electron chi connectivity index (χ3n) is 4.09. The summed E-state index contributed by atoms with van der Waals surface area (Å²) in [6, 6.07) is 9.11. The second-order valence-electron chi connectivity index (χ2n) is 5.85. The van der Waals surface area contributed by atoms with E-state index in [1.54, 1.807) is 18.6 Å². The van der Waals surface area contributed by atoms with Gasteiger partial charge in [0.1, 0.15) is 18.0 Å². The minimum atomic E-state index is -0.733. The summed E-state index contributed by atoms with van der Waals surface area (Å²) in [4.78, 5) is 18.8. The van der Waals surface area contributed by atoms with Crippen LogP contribution in [0.3, 0.4) is 0 Å². The van der Waals surface area contributed by atoms with E-state index in [1.807, 2.05) is 30.3 Å². The first-order chi connectivity index (χ1) is 11.7. The lowest BCUT2D eigenvalue weighted by molar-refractivity contribution is -0.119. The molecule has 6 nitrogen and oxygen atoms in total. The number of hydrogen-bond donors (Lipinski definition) is 3. The molecule has 1 aromatic carbocycles. The van der Waals surface area contributed by atoms with E-state index in [-0.39, 0.29) is 18.1 Å². The van der Waals surface area contributed by atoms with Crippen LogP contribution >= 0.6 is 0 Å². The van der Waals surface area contributed by atoms with Crippen molar-refractivity contribution in [2.75, 3.05) is 0 Å². The zero-order chi connectivity index (χ0) is 16.8. The highest BCUT2D eigenvalue weighted by Gasteiger charge is 2.33. The van der Waals surface area contributed by atoms with Crippen molar-refractivity contribution >= 4 is 12.0 Å². The monoisotopic (exact) mass is 327 g/mol. The lowest BCUT2D eigenvalue weighted by Crippen LogP contribution is -2.52. The molecule has 1 amide bonds. The number of carbonyl (C=O) groups excluding carboxylic acids is 1. The fourth-order valence-electron chi connectivity index (χ4n) is 2.85.